The zero-order chi connectivity index (χ0) is 16.1. The molecule has 1 aromatic rings. The first kappa shape index (κ1) is 16.3. The van der Waals surface area contributed by atoms with Gasteiger partial charge in [-0.2, -0.15) is 0 Å². The van der Waals surface area contributed by atoms with E-state index in [1.165, 1.54) is 0 Å². The minimum absolute atomic E-state index is 0.0442. The highest BCUT2D eigenvalue weighted by molar-refractivity contribution is 6.01. The molecule has 1 aliphatic heterocycles. The maximum absolute atomic E-state index is 12.2. The summed E-state index contributed by atoms with van der Waals surface area (Å²) >= 11 is 0. The van der Waals surface area contributed by atoms with Gasteiger partial charge >= 0.3 is 0 Å². The molecule has 2 rings (SSSR count). The first-order valence-electron chi connectivity index (χ1n) is 7.38. The number of methoxy groups -OCH3 is 1. The normalized spacial score (nSPS) is 17.9. The van der Waals surface area contributed by atoms with Crippen molar-refractivity contribution in [3.05, 3.63) is 24.3 Å². The lowest BCUT2D eigenvalue weighted by Gasteiger charge is -2.19. The van der Waals surface area contributed by atoms with Crippen molar-refractivity contribution < 1.29 is 14.3 Å². The molecule has 2 amide bonds. The van der Waals surface area contributed by atoms with Gasteiger partial charge in [0.05, 0.1) is 18.7 Å². The van der Waals surface area contributed by atoms with Crippen LogP contribution in [-0.4, -0.2) is 57.6 Å². The van der Waals surface area contributed by atoms with Crippen molar-refractivity contribution >= 4 is 17.5 Å². The Balaban J connectivity index is 2.00. The van der Waals surface area contributed by atoms with Crippen molar-refractivity contribution in [2.75, 3.05) is 45.7 Å². The van der Waals surface area contributed by atoms with Gasteiger partial charge in [-0.3, -0.25) is 9.59 Å². The molecule has 6 nitrogen and oxygen atoms in total. The lowest BCUT2D eigenvalue weighted by molar-refractivity contribution is -0.126. The van der Waals surface area contributed by atoms with Crippen molar-refractivity contribution in [2.24, 2.45) is 5.92 Å². The molecule has 1 N–H and O–H groups in total. The summed E-state index contributed by atoms with van der Waals surface area (Å²) in [6, 6.07) is 7.36. The number of amides is 2. The third-order valence-corrected chi connectivity index (χ3v) is 3.73. The molecule has 0 spiro atoms. The number of anilines is 1. The zero-order valence-corrected chi connectivity index (χ0v) is 13.3. The molecule has 1 heterocycles. The van der Waals surface area contributed by atoms with Crippen LogP contribution < -0.4 is 15.0 Å². The summed E-state index contributed by atoms with van der Waals surface area (Å²) in [7, 11) is 5.48. The van der Waals surface area contributed by atoms with Crippen molar-refractivity contribution in [1.82, 2.24) is 10.2 Å². The van der Waals surface area contributed by atoms with E-state index in [4.69, 9.17) is 4.74 Å². The number of ether oxygens (including phenoxy) is 1. The number of benzene rings is 1. The van der Waals surface area contributed by atoms with E-state index in [2.05, 4.69) is 5.32 Å². The van der Waals surface area contributed by atoms with Crippen LogP contribution in [0.5, 0.6) is 5.75 Å². The van der Waals surface area contributed by atoms with Crippen LogP contribution in [0.4, 0.5) is 5.69 Å². The van der Waals surface area contributed by atoms with Crippen molar-refractivity contribution in [1.29, 1.82) is 0 Å². The summed E-state index contributed by atoms with van der Waals surface area (Å²) in [5.41, 5.74) is 0.721. The molecule has 1 saturated heterocycles. The lowest BCUT2D eigenvalue weighted by atomic mass is 10.1. The monoisotopic (exact) mass is 305 g/mol. The van der Waals surface area contributed by atoms with Crippen LogP contribution in [0.1, 0.15) is 6.42 Å². The van der Waals surface area contributed by atoms with Gasteiger partial charge in [0.1, 0.15) is 5.75 Å². The van der Waals surface area contributed by atoms with Crippen LogP contribution in [0.3, 0.4) is 0 Å². The first-order chi connectivity index (χ1) is 10.5. The number of nitrogens with one attached hydrogen (secondary N) is 1. The molecule has 1 unspecified atom stereocenters. The maximum Gasteiger partial charge on any atom is 0.227 e. The Kier molecular flexibility index (Phi) is 5.38. The fourth-order valence-electron chi connectivity index (χ4n) is 2.52. The van der Waals surface area contributed by atoms with Gasteiger partial charge in [0, 0.05) is 26.1 Å². The van der Waals surface area contributed by atoms with Gasteiger partial charge in [-0.1, -0.05) is 12.1 Å². The Morgan fingerprint density at radius 2 is 2.14 bits per heavy atom. The van der Waals surface area contributed by atoms with Gasteiger partial charge in [0.25, 0.3) is 0 Å². The number of para-hydroxylation sites is 2. The quantitative estimate of drug-likeness (QED) is 0.841. The summed E-state index contributed by atoms with van der Waals surface area (Å²) in [4.78, 5) is 28.0. The van der Waals surface area contributed by atoms with Gasteiger partial charge in [0.15, 0.2) is 0 Å². The van der Waals surface area contributed by atoms with Gasteiger partial charge in [0.2, 0.25) is 11.8 Å². The second kappa shape index (κ2) is 7.26. The van der Waals surface area contributed by atoms with E-state index in [1.807, 2.05) is 43.3 Å². The number of hydrogen-bond donors (Lipinski definition) is 1. The molecule has 0 bridgehead atoms. The molecule has 0 saturated carbocycles. The van der Waals surface area contributed by atoms with Crippen LogP contribution in [-0.2, 0) is 9.59 Å². The van der Waals surface area contributed by atoms with Gasteiger partial charge < -0.3 is 19.9 Å². The van der Waals surface area contributed by atoms with E-state index < -0.39 is 0 Å². The van der Waals surface area contributed by atoms with Gasteiger partial charge in [-0.15, -0.1) is 0 Å². The molecule has 1 fully saturated rings. The molecule has 6 heteroatoms. The zero-order valence-electron chi connectivity index (χ0n) is 13.3. The van der Waals surface area contributed by atoms with Crippen LogP contribution >= 0.6 is 0 Å². The molecule has 1 aromatic carbocycles. The minimum atomic E-state index is -0.306. The number of carbonyl (C=O) groups excluding carboxylic acids is 2. The van der Waals surface area contributed by atoms with E-state index in [1.54, 1.807) is 12.0 Å². The number of carbonyl (C=O) groups is 2. The predicted octanol–water partition coefficient (Wildman–Crippen LogP) is 0.726. The Morgan fingerprint density at radius 3 is 2.82 bits per heavy atom. The maximum atomic E-state index is 12.2. The summed E-state index contributed by atoms with van der Waals surface area (Å²) in [5.74, 6) is 0.231. The lowest BCUT2D eigenvalue weighted by Crippen LogP contribution is -2.36. The van der Waals surface area contributed by atoms with Crippen LogP contribution in [0, 0.1) is 5.92 Å². The Morgan fingerprint density at radius 1 is 1.41 bits per heavy atom. The van der Waals surface area contributed by atoms with E-state index in [9.17, 15) is 9.59 Å². The predicted molar refractivity (Wildman–Crippen MR) is 85.0 cm³/mol. The van der Waals surface area contributed by atoms with Crippen molar-refractivity contribution in [2.45, 2.75) is 6.42 Å². The summed E-state index contributed by atoms with van der Waals surface area (Å²) in [6.07, 6.45) is 0.242. The van der Waals surface area contributed by atoms with E-state index in [-0.39, 0.29) is 24.2 Å². The number of likely N-dealkylation sites (N-methyl/N-ethyl adjacent to an activating group) is 1. The molecule has 120 valence electrons. The molecule has 0 radical (unpaired) electrons. The minimum Gasteiger partial charge on any atom is -0.495 e. The molecule has 22 heavy (non-hydrogen) atoms. The summed E-state index contributed by atoms with van der Waals surface area (Å²) in [5, 5.41) is 2.89. The third-order valence-electron chi connectivity index (χ3n) is 3.73. The highest BCUT2D eigenvalue weighted by atomic mass is 16.5. The van der Waals surface area contributed by atoms with Crippen LogP contribution in [0.25, 0.3) is 0 Å². The summed E-state index contributed by atoms with van der Waals surface area (Å²) in [6.45, 7) is 1.76. The smallest absolute Gasteiger partial charge is 0.227 e. The topological polar surface area (TPSA) is 61.9 Å². The Hall–Kier alpha value is -2.08. The Labute approximate surface area is 131 Å². The fraction of sp³-hybridized carbons (Fsp3) is 0.500. The Bertz CT molecular complexity index is 545. The van der Waals surface area contributed by atoms with Crippen molar-refractivity contribution in [3.8, 4) is 5.75 Å². The summed E-state index contributed by atoms with van der Waals surface area (Å²) < 4.78 is 5.29. The molecular weight excluding hydrogens is 282 g/mol. The van der Waals surface area contributed by atoms with E-state index >= 15 is 0 Å². The van der Waals surface area contributed by atoms with Crippen LogP contribution in [0.15, 0.2) is 24.3 Å². The highest BCUT2D eigenvalue weighted by Gasteiger charge is 2.35. The molecule has 1 aliphatic rings. The average molecular weight is 305 g/mol. The molecule has 0 aliphatic carbocycles. The average Bonchev–Trinajstić information content (AvgIpc) is 2.88. The fourth-order valence-corrected chi connectivity index (χ4v) is 2.52. The molecular formula is C16H23N3O3. The second-order valence-electron chi connectivity index (χ2n) is 5.67. The van der Waals surface area contributed by atoms with Crippen LogP contribution in [0.2, 0.25) is 0 Å². The number of rotatable bonds is 6. The highest BCUT2D eigenvalue weighted by Crippen LogP contribution is 2.32. The standard InChI is InChI=1S/C16H23N3O3/c1-18(2)9-8-17-16(21)12-10-15(20)19(11-12)13-6-4-5-7-14(13)22-3/h4-7,12H,8-11H2,1-3H3,(H,17,21). The van der Waals surface area contributed by atoms with E-state index in [0.29, 0.717) is 18.8 Å². The number of nitrogens with zero attached hydrogens (tertiary/aromatic N) is 2. The number of hydrogen-bond acceptors (Lipinski definition) is 4. The first-order valence-corrected chi connectivity index (χ1v) is 7.38. The molecule has 1 atom stereocenters. The van der Waals surface area contributed by atoms with Gasteiger partial charge in [-0.05, 0) is 26.2 Å². The van der Waals surface area contributed by atoms with Gasteiger partial charge in [-0.25, -0.2) is 0 Å². The van der Waals surface area contributed by atoms with Crippen molar-refractivity contribution in [3.63, 3.8) is 0 Å². The molecule has 0 aromatic heterocycles. The van der Waals surface area contributed by atoms with E-state index in [0.717, 1.165) is 12.2 Å². The third kappa shape index (κ3) is 3.76. The SMILES string of the molecule is COc1ccccc1N1CC(C(=O)NCCN(C)C)CC1=O. The largest absolute Gasteiger partial charge is 0.495 e. The second-order valence-corrected chi connectivity index (χ2v) is 5.67.